The van der Waals surface area contributed by atoms with Crippen molar-refractivity contribution in [3.63, 3.8) is 0 Å². The molecule has 0 saturated heterocycles. The molecule has 0 atom stereocenters. The van der Waals surface area contributed by atoms with Crippen LogP contribution in [0.25, 0.3) is 0 Å². The Labute approximate surface area is 97.8 Å². The summed E-state index contributed by atoms with van der Waals surface area (Å²) in [5, 5.41) is 0. The van der Waals surface area contributed by atoms with Crippen LogP contribution in [0, 0.1) is 0 Å². The maximum absolute atomic E-state index is 8.52. The van der Waals surface area contributed by atoms with E-state index in [0.717, 1.165) is 0 Å². The van der Waals surface area contributed by atoms with Gasteiger partial charge in [0.15, 0.2) is 0 Å². The van der Waals surface area contributed by atoms with Crippen molar-refractivity contribution in [1.29, 1.82) is 0 Å². The Bertz CT molecular complexity index is 35.9. The van der Waals surface area contributed by atoms with Crippen molar-refractivity contribution in [1.82, 2.24) is 0 Å². The molecule has 0 amide bonds. The van der Waals surface area contributed by atoms with E-state index in [1.54, 1.807) is 0 Å². The van der Waals surface area contributed by atoms with Gasteiger partial charge in [0.1, 0.15) is 0 Å². The van der Waals surface area contributed by atoms with Crippen molar-refractivity contribution in [3.8, 4) is 0 Å². The minimum atomic E-state index is -3.63. The Morgan fingerprint density at radius 3 is 1.14 bits per heavy atom. The Morgan fingerprint density at radius 1 is 1.14 bits per heavy atom. The zero-order valence-electron chi connectivity index (χ0n) is 4.08. The Morgan fingerprint density at radius 2 is 1.14 bits per heavy atom. The first-order chi connectivity index (χ1) is 1.73. The van der Waals surface area contributed by atoms with E-state index in [0.29, 0.717) is 0 Å². The van der Waals surface area contributed by atoms with Gasteiger partial charge in [0, 0.05) is 26.2 Å². The second kappa shape index (κ2) is 15.7. The van der Waals surface area contributed by atoms with Crippen LogP contribution in [0.5, 0.6) is 0 Å². The van der Waals surface area contributed by atoms with E-state index in [4.69, 9.17) is 14.1 Å². The molecule has 0 unspecified atom stereocenters. The van der Waals surface area contributed by atoms with E-state index in [9.17, 15) is 0 Å². The van der Waals surface area contributed by atoms with E-state index < -0.39 is 9.17 Å². The molecule has 0 fully saturated rings. The summed E-state index contributed by atoms with van der Waals surface area (Å²) in [5.41, 5.74) is 0. The van der Waals surface area contributed by atoms with Crippen LogP contribution in [-0.2, 0) is 21.5 Å². The number of rotatable bonds is 0. The van der Waals surface area contributed by atoms with Crippen LogP contribution in [0.1, 0.15) is 0 Å². The Kier molecular flexibility index (Phi) is 51.4. The minimum absolute atomic E-state index is 0. The molecule has 0 bridgehead atoms. The van der Waals surface area contributed by atoms with Gasteiger partial charge in [-0.2, -0.15) is 0 Å². The van der Waals surface area contributed by atoms with Crippen LogP contribution in [-0.4, -0.2) is 9.17 Å². The third kappa shape index (κ3) is 67.1. The molecule has 0 rings (SSSR count). The van der Waals surface area contributed by atoms with Crippen molar-refractivity contribution in [3.05, 3.63) is 0 Å². The molecule has 0 aliphatic carbocycles. The zero-order valence-corrected chi connectivity index (χ0v) is 10.2. The van der Waals surface area contributed by atoms with Gasteiger partial charge >= 0.3 is 59.1 Å². The number of hydrogen-bond donors (Lipinski definition) is 0. The fourth-order valence-electron chi connectivity index (χ4n) is 0. The van der Waals surface area contributed by atoms with E-state index in [2.05, 4.69) is 0 Å². The van der Waals surface area contributed by atoms with E-state index in [1.807, 2.05) is 0 Å². The fraction of sp³-hybridized carbons (Fsp3) is 0. The van der Waals surface area contributed by atoms with Gasteiger partial charge in [0.25, 0.3) is 0 Å². The van der Waals surface area contributed by atoms with Crippen molar-refractivity contribution >= 4 is 9.17 Å². The normalized spacial score (nSPS) is 3.43. The molecule has 0 aromatic carbocycles. The van der Waals surface area contributed by atoms with Gasteiger partial charge in [-0.15, -0.1) is 0 Å². The molecule has 3 nitrogen and oxygen atoms in total. The summed E-state index contributed by atoms with van der Waals surface area (Å²) in [7, 11) is -3.63. The molecule has 0 radical (unpaired) electrons. The van der Waals surface area contributed by atoms with Crippen LogP contribution in [0.15, 0.2) is 0 Å². The first-order valence-electron chi connectivity index (χ1n) is 0.612. The summed E-state index contributed by atoms with van der Waals surface area (Å²) < 4.78 is 8.52. The maximum atomic E-state index is 8.52. The summed E-state index contributed by atoms with van der Waals surface area (Å²) in [6, 6.07) is 0. The second-order valence-electron chi connectivity index (χ2n) is 0.250. The Balaban J connectivity index is -0.0000000150. The molecule has 0 aliphatic heterocycles. The zero-order chi connectivity index (χ0) is 3.58. The predicted molar refractivity (Wildman–Crippen MR) is 6.44 cm³/mol. The average molecular weight is 178 g/mol. The van der Waals surface area contributed by atoms with E-state index >= 15 is 0 Å². The largest absolute Gasteiger partial charge is 1.00 e. The summed E-state index contributed by atoms with van der Waals surface area (Å²) in [6.45, 7) is 0. The van der Waals surface area contributed by atoms with Gasteiger partial charge in [-0.3, -0.25) is 0 Å². The standard InChI is InChI=1S/Fe.2Na.O3Si/c;;;1-4(2)3/q;2*+1;-2. The minimum Gasteiger partial charge on any atom is -0.672 e. The molecule has 0 saturated carbocycles. The number of hydrogen-bond acceptors (Lipinski definition) is 3. The van der Waals surface area contributed by atoms with Crippen molar-refractivity contribution < 1.29 is 90.2 Å². The monoisotopic (exact) mass is 178 g/mol. The SMILES string of the molecule is O=[Si]([O-])[O-].[Fe].[Na+].[Na+]. The summed E-state index contributed by atoms with van der Waals surface area (Å²) >= 11 is 0. The first kappa shape index (κ1) is 22.9. The van der Waals surface area contributed by atoms with Gasteiger partial charge in [0.2, 0.25) is 0 Å². The molecule has 0 aromatic rings. The smallest absolute Gasteiger partial charge is 0.672 e. The van der Waals surface area contributed by atoms with Crippen LogP contribution in [0.2, 0.25) is 0 Å². The van der Waals surface area contributed by atoms with Crippen LogP contribution in [0.3, 0.4) is 0 Å². The van der Waals surface area contributed by atoms with Crippen LogP contribution < -0.4 is 68.7 Å². The van der Waals surface area contributed by atoms with E-state index in [-0.39, 0.29) is 76.2 Å². The van der Waals surface area contributed by atoms with Gasteiger partial charge in [-0.05, 0) is 0 Å². The molecule has 0 N–H and O–H groups in total. The van der Waals surface area contributed by atoms with Crippen molar-refractivity contribution in [2.45, 2.75) is 0 Å². The van der Waals surface area contributed by atoms with Gasteiger partial charge in [-0.1, -0.05) is 0 Å². The Hall–Kier alpha value is 2.14. The third-order valence-corrected chi connectivity index (χ3v) is 0. The molecule has 7 heavy (non-hydrogen) atoms. The van der Waals surface area contributed by atoms with Crippen LogP contribution >= 0.6 is 0 Å². The van der Waals surface area contributed by atoms with Gasteiger partial charge in [0.05, 0.1) is 0 Å². The summed E-state index contributed by atoms with van der Waals surface area (Å²) in [4.78, 5) is 17.0. The quantitative estimate of drug-likeness (QED) is 0.346. The topological polar surface area (TPSA) is 63.2 Å². The van der Waals surface area contributed by atoms with Gasteiger partial charge < -0.3 is 14.1 Å². The van der Waals surface area contributed by atoms with Crippen molar-refractivity contribution in [2.24, 2.45) is 0 Å². The molecular weight excluding hydrogens is 178 g/mol. The molecule has 0 spiro atoms. The molecule has 0 aromatic heterocycles. The third-order valence-electron chi connectivity index (χ3n) is 0. The molecule has 0 aliphatic rings. The van der Waals surface area contributed by atoms with E-state index in [1.165, 1.54) is 0 Å². The summed E-state index contributed by atoms with van der Waals surface area (Å²) in [5.74, 6) is 0. The molecule has 0 heterocycles. The fourth-order valence-corrected chi connectivity index (χ4v) is 0. The average Bonchev–Trinajstić information content (AvgIpc) is 0.811. The summed E-state index contributed by atoms with van der Waals surface area (Å²) in [6.07, 6.45) is 0. The van der Waals surface area contributed by atoms with Gasteiger partial charge in [-0.25, -0.2) is 0 Å². The first-order valence-corrected chi connectivity index (χ1v) is 1.84. The maximum Gasteiger partial charge on any atom is 1.00 e. The molecular formula is FeNa2O3Si. The van der Waals surface area contributed by atoms with Crippen LogP contribution in [0.4, 0.5) is 0 Å². The molecule has 7 heteroatoms. The predicted octanol–water partition coefficient (Wildman–Crippen LogP) is -8.87. The van der Waals surface area contributed by atoms with Crippen molar-refractivity contribution in [2.75, 3.05) is 0 Å². The second-order valence-corrected chi connectivity index (χ2v) is 0.750. The molecule has 32 valence electrons.